The molecule has 2 rings (SSSR count). The molecule has 1 aliphatic heterocycles. The molecule has 0 bridgehead atoms. The Kier molecular flexibility index (Phi) is 9.60. The molecule has 0 fully saturated rings. The van der Waals surface area contributed by atoms with Crippen LogP contribution in [0.1, 0.15) is 25.8 Å². The average Bonchev–Trinajstić information content (AvgIpc) is 2.72. The fraction of sp³-hybridized carbons (Fsp3) is 0.478. The highest BCUT2D eigenvalue weighted by molar-refractivity contribution is 5.77. The summed E-state index contributed by atoms with van der Waals surface area (Å²) >= 11 is 0. The lowest BCUT2D eigenvalue weighted by molar-refractivity contribution is -0.155. The maximum absolute atomic E-state index is 12.6. The lowest BCUT2D eigenvalue weighted by atomic mass is 10.0. The highest BCUT2D eigenvalue weighted by atomic mass is 16.6. The van der Waals surface area contributed by atoms with Crippen LogP contribution in [-0.4, -0.2) is 44.5 Å². The van der Waals surface area contributed by atoms with Gasteiger partial charge < -0.3 is 18.9 Å². The van der Waals surface area contributed by atoms with Crippen LogP contribution in [0.3, 0.4) is 0 Å². The summed E-state index contributed by atoms with van der Waals surface area (Å²) in [6.07, 6.45) is 6.09. The smallest absolute Gasteiger partial charge is 0.339 e. The molecule has 0 aliphatic carbocycles. The number of carbonyl (C=O) groups is 2. The summed E-state index contributed by atoms with van der Waals surface area (Å²) in [6, 6.07) is 9.64. The molecule has 0 radical (unpaired) electrons. The number of ether oxygens (including phenoxy) is 4. The summed E-state index contributed by atoms with van der Waals surface area (Å²) in [5.41, 5.74) is 0.968. The second kappa shape index (κ2) is 12.2. The number of methoxy groups -OCH3 is 1. The first-order valence-electron chi connectivity index (χ1n) is 9.85. The van der Waals surface area contributed by atoms with Crippen LogP contribution < -0.4 is 0 Å². The van der Waals surface area contributed by atoms with E-state index in [2.05, 4.69) is 0 Å². The Labute approximate surface area is 172 Å². The van der Waals surface area contributed by atoms with Gasteiger partial charge in [-0.1, -0.05) is 62.4 Å². The molecule has 4 atom stereocenters. The lowest BCUT2D eigenvalue weighted by Crippen LogP contribution is -2.28. The topological polar surface area (TPSA) is 71.1 Å². The van der Waals surface area contributed by atoms with Gasteiger partial charge in [-0.2, -0.15) is 0 Å². The molecule has 1 aromatic carbocycles. The molecular weight excluding hydrogens is 372 g/mol. The first-order chi connectivity index (χ1) is 14.0. The van der Waals surface area contributed by atoms with Crippen molar-refractivity contribution in [2.24, 2.45) is 11.8 Å². The summed E-state index contributed by atoms with van der Waals surface area (Å²) in [6.45, 7) is 4.48. The van der Waals surface area contributed by atoms with Crippen molar-refractivity contribution in [1.29, 1.82) is 0 Å². The molecule has 0 saturated heterocycles. The van der Waals surface area contributed by atoms with Gasteiger partial charge in [0.1, 0.15) is 6.61 Å². The summed E-state index contributed by atoms with van der Waals surface area (Å²) in [4.78, 5) is 24.5. The summed E-state index contributed by atoms with van der Waals surface area (Å²) < 4.78 is 22.0. The van der Waals surface area contributed by atoms with E-state index in [0.717, 1.165) is 5.56 Å². The van der Waals surface area contributed by atoms with Crippen LogP contribution in [0.2, 0.25) is 0 Å². The molecule has 0 spiro atoms. The van der Waals surface area contributed by atoms with E-state index in [0.29, 0.717) is 6.61 Å². The van der Waals surface area contributed by atoms with Gasteiger partial charge in [0.05, 0.1) is 25.7 Å². The predicted molar refractivity (Wildman–Crippen MR) is 109 cm³/mol. The number of hydrogen-bond donors (Lipinski definition) is 0. The third-order valence-electron chi connectivity index (χ3n) is 4.63. The Morgan fingerprint density at radius 1 is 1.00 bits per heavy atom. The van der Waals surface area contributed by atoms with Crippen molar-refractivity contribution in [2.75, 3.05) is 20.3 Å². The van der Waals surface area contributed by atoms with Gasteiger partial charge in [0.15, 0.2) is 6.10 Å². The molecule has 6 heteroatoms. The van der Waals surface area contributed by atoms with Crippen LogP contribution in [-0.2, 0) is 35.1 Å². The Balaban J connectivity index is 2.14. The normalized spacial score (nSPS) is 29.1. The second-order valence-electron chi connectivity index (χ2n) is 7.16. The number of cyclic esters (lactones) is 2. The van der Waals surface area contributed by atoms with Gasteiger partial charge in [-0.25, -0.2) is 4.79 Å². The summed E-state index contributed by atoms with van der Waals surface area (Å²) in [5, 5.41) is 0. The van der Waals surface area contributed by atoms with Gasteiger partial charge in [0, 0.05) is 18.9 Å². The molecule has 0 unspecified atom stereocenters. The third kappa shape index (κ3) is 8.21. The van der Waals surface area contributed by atoms with Crippen molar-refractivity contribution in [3.05, 3.63) is 60.2 Å². The van der Waals surface area contributed by atoms with Crippen LogP contribution in [0.25, 0.3) is 0 Å². The predicted octanol–water partition coefficient (Wildman–Crippen LogP) is 3.46. The zero-order valence-electron chi connectivity index (χ0n) is 17.3. The van der Waals surface area contributed by atoms with Crippen molar-refractivity contribution < 1.29 is 28.5 Å². The molecule has 158 valence electrons. The van der Waals surface area contributed by atoms with Gasteiger partial charge in [-0.3, -0.25) is 4.79 Å². The number of hydrogen-bond acceptors (Lipinski definition) is 6. The molecule has 0 saturated carbocycles. The standard InChI is InChI=1S/C23H30O6/c1-17-8-7-11-22(24)28-16-21(26-3)18(2)12-13-20(23(25)29-14-17)27-15-19-9-5-4-6-10-19/h4-10,12-13,17-18,20-21H,11,14-16H2,1-3H3/b8-7+,13-12+/t17-,18+,20+,21+/m0/s1. The first-order valence-corrected chi connectivity index (χ1v) is 9.85. The number of benzene rings is 1. The van der Waals surface area contributed by atoms with Crippen LogP contribution in [0.4, 0.5) is 0 Å². The van der Waals surface area contributed by atoms with E-state index >= 15 is 0 Å². The van der Waals surface area contributed by atoms with E-state index in [9.17, 15) is 9.59 Å². The van der Waals surface area contributed by atoms with E-state index in [4.69, 9.17) is 18.9 Å². The SMILES string of the molecule is CO[C@@H]1COC(=O)C/C=C/[C@H](C)COC(=O)[C@H](OCc2ccccc2)/C=C/[C@H]1C. The van der Waals surface area contributed by atoms with Crippen LogP contribution in [0.15, 0.2) is 54.6 Å². The Hall–Kier alpha value is -2.44. The third-order valence-corrected chi connectivity index (χ3v) is 4.63. The molecule has 0 N–H and O–H groups in total. The Morgan fingerprint density at radius 3 is 2.48 bits per heavy atom. The average molecular weight is 402 g/mol. The minimum atomic E-state index is -0.834. The zero-order chi connectivity index (χ0) is 21.1. The number of rotatable bonds is 4. The van der Waals surface area contributed by atoms with E-state index in [-0.39, 0.29) is 43.5 Å². The first kappa shape index (κ1) is 22.8. The molecule has 1 aromatic rings. The van der Waals surface area contributed by atoms with E-state index in [1.54, 1.807) is 19.3 Å². The lowest BCUT2D eigenvalue weighted by Gasteiger charge is -2.20. The summed E-state index contributed by atoms with van der Waals surface area (Å²) in [5.74, 6) is -0.882. The van der Waals surface area contributed by atoms with Crippen molar-refractivity contribution in [1.82, 2.24) is 0 Å². The molecule has 0 amide bonds. The van der Waals surface area contributed by atoms with Crippen molar-refractivity contribution in [3.8, 4) is 0 Å². The van der Waals surface area contributed by atoms with Gasteiger partial charge in [0.2, 0.25) is 0 Å². The van der Waals surface area contributed by atoms with E-state index < -0.39 is 12.1 Å². The van der Waals surface area contributed by atoms with Gasteiger partial charge >= 0.3 is 11.9 Å². The van der Waals surface area contributed by atoms with E-state index in [1.165, 1.54) is 0 Å². The van der Waals surface area contributed by atoms with Gasteiger partial charge in [0.25, 0.3) is 0 Å². The fourth-order valence-electron chi connectivity index (χ4n) is 2.78. The van der Waals surface area contributed by atoms with Crippen LogP contribution in [0.5, 0.6) is 0 Å². The zero-order valence-corrected chi connectivity index (χ0v) is 17.3. The maximum Gasteiger partial charge on any atom is 0.339 e. The molecule has 0 aromatic heterocycles. The van der Waals surface area contributed by atoms with Crippen LogP contribution in [0, 0.1) is 11.8 Å². The maximum atomic E-state index is 12.6. The van der Waals surface area contributed by atoms with Crippen molar-refractivity contribution >= 4 is 11.9 Å². The molecule has 1 aliphatic rings. The molecule has 29 heavy (non-hydrogen) atoms. The number of esters is 2. The Morgan fingerprint density at radius 2 is 1.76 bits per heavy atom. The second-order valence-corrected chi connectivity index (χ2v) is 7.16. The molecular formula is C23H30O6. The minimum Gasteiger partial charge on any atom is -0.463 e. The largest absolute Gasteiger partial charge is 0.463 e. The highest BCUT2D eigenvalue weighted by Crippen LogP contribution is 2.14. The van der Waals surface area contributed by atoms with Crippen LogP contribution >= 0.6 is 0 Å². The highest BCUT2D eigenvalue weighted by Gasteiger charge is 2.22. The Bertz CT molecular complexity index is 697. The fourth-order valence-corrected chi connectivity index (χ4v) is 2.78. The summed E-state index contributed by atoms with van der Waals surface area (Å²) in [7, 11) is 1.57. The van der Waals surface area contributed by atoms with Crippen molar-refractivity contribution in [2.45, 2.75) is 39.1 Å². The van der Waals surface area contributed by atoms with Gasteiger partial charge in [-0.15, -0.1) is 0 Å². The molecule has 1 heterocycles. The monoisotopic (exact) mass is 402 g/mol. The molecule has 6 nitrogen and oxygen atoms in total. The quantitative estimate of drug-likeness (QED) is 0.567. The van der Waals surface area contributed by atoms with Gasteiger partial charge in [-0.05, 0) is 11.6 Å². The van der Waals surface area contributed by atoms with E-state index in [1.807, 2.05) is 56.3 Å². The minimum absolute atomic E-state index is 0.0266. The van der Waals surface area contributed by atoms with Crippen molar-refractivity contribution in [3.63, 3.8) is 0 Å². The number of carbonyl (C=O) groups excluding carboxylic acids is 2.